The largest absolute Gasteiger partial charge is 0.339 e. The summed E-state index contributed by atoms with van der Waals surface area (Å²) in [5.74, 6) is 0. The second kappa shape index (κ2) is 8.56. The van der Waals surface area contributed by atoms with Crippen molar-refractivity contribution in [2.24, 2.45) is 0 Å². The van der Waals surface area contributed by atoms with Crippen molar-refractivity contribution < 1.29 is 9.47 Å². The Morgan fingerprint density at radius 2 is 0.976 bits per heavy atom. The summed E-state index contributed by atoms with van der Waals surface area (Å²) >= 11 is 0. The van der Waals surface area contributed by atoms with E-state index in [2.05, 4.69) is 152 Å². The molecule has 202 valence electrons. The molecule has 8 rings (SSSR count). The molecule has 0 radical (unpaired) electrons. The van der Waals surface area contributed by atoms with Gasteiger partial charge in [-0.3, -0.25) is 0 Å². The van der Waals surface area contributed by atoms with E-state index < -0.39 is 17.5 Å². The molecule has 0 unspecified atom stereocenters. The van der Waals surface area contributed by atoms with Crippen LogP contribution in [0.4, 0.5) is 0 Å². The van der Waals surface area contributed by atoms with Crippen molar-refractivity contribution in [1.82, 2.24) is 9.13 Å². The molecule has 7 aromatic rings. The third-order valence-corrected chi connectivity index (χ3v) is 9.13. The number of fused-ring (bicyclic) bond motifs is 6. The molecule has 1 saturated heterocycles. The number of ether oxygens (including phenoxy) is 2. The Morgan fingerprint density at radius 3 is 1.59 bits per heavy atom. The second-order valence-electron chi connectivity index (χ2n) is 12.1. The van der Waals surface area contributed by atoms with E-state index in [0.29, 0.717) is 0 Å². The fourth-order valence-corrected chi connectivity index (χ4v) is 6.35. The molecular formula is C37H32N2O2. The minimum Gasteiger partial charge on any atom is -0.339 e. The maximum absolute atomic E-state index is 6.42. The zero-order valence-corrected chi connectivity index (χ0v) is 23.8. The Kier molecular flexibility index (Phi) is 5.10. The molecule has 0 atom stereocenters. The van der Waals surface area contributed by atoms with Crippen molar-refractivity contribution in [1.29, 1.82) is 0 Å². The van der Waals surface area contributed by atoms with Gasteiger partial charge in [0.05, 0.1) is 33.3 Å². The van der Waals surface area contributed by atoms with E-state index in [-0.39, 0.29) is 0 Å². The van der Waals surface area contributed by atoms with E-state index in [1.165, 1.54) is 43.6 Å². The van der Waals surface area contributed by atoms with Crippen molar-refractivity contribution in [3.05, 3.63) is 121 Å². The van der Waals surface area contributed by atoms with Gasteiger partial charge < -0.3 is 18.6 Å². The average molecular weight is 537 g/mol. The van der Waals surface area contributed by atoms with E-state index in [0.717, 1.165) is 16.9 Å². The van der Waals surface area contributed by atoms with Crippen LogP contribution in [0.25, 0.3) is 55.0 Å². The van der Waals surface area contributed by atoms with Crippen LogP contribution in [0.2, 0.25) is 0 Å². The average Bonchev–Trinajstić information content (AvgIpc) is 3.56. The van der Waals surface area contributed by atoms with Gasteiger partial charge in [-0.25, -0.2) is 0 Å². The summed E-state index contributed by atoms with van der Waals surface area (Å²) in [6.07, 6.45) is -0.416. The van der Waals surface area contributed by atoms with Crippen LogP contribution >= 0.6 is 0 Å². The number of hydrogen-bond acceptors (Lipinski definition) is 2. The van der Waals surface area contributed by atoms with Crippen LogP contribution in [-0.2, 0) is 9.47 Å². The monoisotopic (exact) mass is 536 g/mol. The van der Waals surface area contributed by atoms with Crippen molar-refractivity contribution in [3.63, 3.8) is 0 Å². The predicted molar refractivity (Wildman–Crippen MR) is 168 cm³/mol. The maximum atomic E-state index is 6.42. The van der Waals surface area contributed by atoms with E-state index >= 15 is 0 Å². The Labute approximate surface area is 239 Å². The van der Waals surface area contributed by atoms with Crippen LogP contribution in [-0.4, -0.2) is 20.3 Å². The molecule has 0 bridgehead atoms. The zero-order chi connectivity index (χ0) is 27.9. The summed E-state index contributed by atoms with van der Waals surface area (Å²) in [4.78, 5) is 0. The molecule has 41 heavy (non-hydrogen) atoms. The summed E-state index contributed by atoms with van der Waals surface area (Å²) in [6, 6.07) is 41.4. The number of para-hydroxylation sites is 3. The lowest BCUT2D eigenvalue weighted by molar-refractivity contribution is -0.0895. The highest BCUT2D eigenvalue weighted by molar-refractivity contribution is 6.19. The Morgan fingerprint density at radius 1 is 0.463 bits per heavy atom. The van der Waals surface area contributed by atoms with Gasteiger partial charge in [-0.2, -0.15) is 0 Å². The second-order valence-corrected chi connectivity index (χ2v) is 12.1. The summed E-state index contributed by atoms with van der Waals surface area (Å²) in [7, 11) is 0. The molecule has 1 fully saturated rings. The molecule has 3 heterocycles. The van der Waals surface area contributed by atoms with E-state index in [1.807, 2.05) is 0 Å². The first-order chi connectivity index (χ1) is 19.8. The highest BCUT2D eigenvalue weighted by Crippen LogP contribution is 2.45. The summed E-state index contributed by atoms with van der Waals surface area (Å²) in [5.41, 5.74) is 7.23. The molecule has 5 aromatic carbocycles. The van der Waals surface area contributed by atoms with Crippen molar-refractivity contribution >= 4 is 43.6 Å². The van der Waals surface area contributed by atoms with Gasteiger partial charge in [0.25, 0.3) is 0 Å². The van der Waals surface area contributed by atoms with Gasteiger partial charge in [-0.05, 0) is 76.2 Å². The molecule has 4 heteroatoms. The van der Waals surface area contributed by atoms with E-state index in [4.69, 9.17) is 9.47 Å². The quantitative estimate of drug-likeness (QED) is 0.225. The lowest BCUT2D eigenvalue weighted by Gasteiger charge is -2.30. The smallest absolute Gasteiger partial charge is 0.185 e. The standard InChI is InChI=1S/C37H32N2O2/c1-36(2)37(3,4)41-35(40-36)24-13-12-16-26(21-24)39-32-20-11-9-18-28(32)30-22-29-27-17-8-10-19-31(27)38(33(29)23-34(30)39)25-14-6-5-7-15-25/h5-23,35H,1-4H3. The molecule has 0 spiro atoms. The van der Waals surface area contributed by atoms with Crippen LogP contribution < -0.4 is 0 Å². The summed E-state index contributed by atoms with van der Waals surface area (Å²) < 4.78 is 17.6. The first-order valence-electron chi connectivity index (χ1n) is 14.3. The molecule has 0 aliphatic carbocycles. The van der Waals surface area contributed by atoms with Gasteiger partial charge in [0.15, 0.2) is 6.29 Å². The molecule has 1 aliphatic rings. The van der Waals surface area contributed by atoms with Gasteiger partial charge in [0, 0.05) is 38.5 Å². The highest BCUT2D eigenvalue weighted by Gasteiger charge is 2.49. The Hall–Kier alpha value is -4.38. The first kappa shape index (κ1) is 24.4. The minimum absolute atomic E-state index is 0.392. The molecule has 2 aromatic heterocycles. The topological polar surface area (TPSA) is 28.3 Å². The third-order valence-electron chi connectivity index (χ3n) is 9.13. The van der Waals surface area contributed by atoms with E-state index in [1.54, 1.807) is 0 Å². The van der Waals surface area contributed by atoms with Gasteiger partial charge in [0.2, 0.25) is 0 Å². The number of aromatic nitrogens is 2. The van der Waals surface area contributed by atoms with Gasteiger partial charge in [0.1, 0.15) is 0 Å². The van der Waals surface area contributed by atoms with Crippen LogP contribution in [0.1, 0.15) is 39.5 Å². The molecule has 0 amide bonds. The molecule has 0 saturated carbocycles. The highest BCUT2D eigenvalue weighted by atomic mass is 16.7. The number of benzene rings is 5. The zero-order valence-electron chi connectivity index (χ0n) is 23.8. The fourth-order valence-electron chi connectivity index (χ4n) is 6.35. The predicted octanol–water partition coefficient (Wildman–Crippen LogP) is 9.48. The van der Waals surface area contributed by atoms with Crippen LogP contribution in [0.5, 0.6) is 0 Å². The Balaban J connectivity index is 1.41. The SMILES string of the molecule is CC1(C)OC(c2cccc(-n3c4ccccc4c4cc5c6ccccc6n(-c6ccccc6)c5cc43)c2)OC1(C)C. The number of rotatable bonds is 3. The van der Waals surface area contributed by atoms with Crippen LogP contribution in [0, 0.1) is 0 Å². The number of nitrogens with zero attached hydrogens (tertiary/aromatic N) is 2. The van der Waals surface area contributed by atoms with Crippen molar-refractivity contribution in [2.45, 2.75) is 45.2 Å². The molecular weight excluding hydrogens is 504 g/mol. The first-order valence-corrected chi connectivity index (χ1v) is 14.3. The Bertz CT molecular complexity index is 2100. The molecule has 0 N–H and O–H groups in total. The van der Waals surface area contributed by atoms with Gasteiger partial charge >= 0.3 is 0 Å². The maximum Gasteiger partial charge on any atom is 0.185 e. The van der Waals surface area contributed by atoms with Crippen LogP contribution in [0.15, 0.2) is 115 Å². The van der Waals surface area contributed by atoms with E-state index in [9.17, 15) is 0 Å². The normalized spacial score (nSPS) is 16.9. The third kappa shape index (κ3) is 3.54. The van der Waals surface area contributed by atoms with Gasteiger partial charge in [-0.15, -0.1) is 0 Å². The van der Waals surface area contributed by atoms with Gasteiger partial charge in [-0.1, -0.05) is 66.7 Å². The fraction of sp³-hybridized carbons (Fsp3) is 0.189. The van der Waals surface area contributed by atoms with Crippen molar-refractivity contribution in [3.8, 4) is 11.4 Å². The lowest BCUT2D eigenvalue weighted by atomic mass is 9.90. The lowest BCUT2D eigenvalue weighted by Crippen LogP contribution is -2.41. The van der Waals surface area contributed by atoms with Crippen LogP contribution in [0.3, 0.4) is 0 Å². The minimum atomic E-state index is -0.416. The molecule has 1 aliphatic heterocycles. The number of hydrogen-bond donors (Lipinski definition) is 0. The summed E-state index contributed by atoms with van der Waals surface area (Å²) in [6.45, 7) is 8.39. The summed E-state index contributed by atoms with van der Waals surface area (Å²) in [5, 5.41) is 4.99. The van der Waals surface area contributed by atoms with Crippen molar-refractivity contribution in [2.75, 3.05) is 0 Å². The molecule has 4 nitrogen and oxygen atoms in total.